The Morgan fingerprint density at radius 1 is 1.04 bits per heavy atom. The first-order valence-corrected chi connectivity index (χ1v) is 10.9. The summed E-state index contributed by atoms with van der Waals surface area (Å²) in [7, 11) is -3.40. The van der Waals surface area contributed by atoms with Gasteiger partial charge in [-0.2, -0.15) is 0 Å². The number of amides is 1. The van der Waals surface area contributed by atoms with Crippen LogP contribution in [-0.2, 0) is 16.3 Å². The minimum Gasteiger partial charge on any atom is -0.296 e. The summed E-state index contributed by atoms with van der Waals surface area (Å²) in [6.07, 6.45) is 0.233. The molecule has 0 atom stereocenters. The van der Waals surface area contributed by atoms with Crippen LogP contribution in [0, 0.1) is 0 Å². The number of carbonyl (C=O) groups is 1. The van der Waals surface area contributed by atoms with E-state index in [9.17, 15) is 13.2 Å². The van der Waals surface area contributed by atoms with Gasteiger partial charge in [-0.1, -0.05) is 45.5 Å². The first-order chi connectivity index (χ1) is 12.4. The number of nitrogens with one attached hydrogen (secondary N) is 1. The first kappa shape index (κ1) is 18.7. The van der Waals surface area contributed by atoms with Gasteiger partial charge in [-0.25, -0.2) is 8.42 Å². The highest BCUT2D eigenvalue weighted by Gasteiger charge is 2.16. The molecule has 0 fully saturated rings. The molecule has 1 heterocycles. The number of nitrogens with zero attached hydrogens (tertiary/aromatic N) is 2. The first-order valence-electron chi connectivity index (χ1n) is 7.61. The fourth-order valence-electron chi connectivity index (χ4n) is 2.15. The number of rotatable bonds is 6. The van der Waals surface area contributed by atoms with Crippen LogP contribution in [0.1, 0.15) is 15.4 Å². The van der Waals surface area contributed by atoms with Gasteiger partial charge in [-0.3, -0.25) is 10.1 Å². The fraction of sp³-hybridized carbons (Fsp3) is 0.118. The normalized spacial score (nSPS) is 11.3. The Balaban J connectivity index is 1.62. The van der Waals surface area contributed by atoms with Crippen molar-refractivity contribution in [3.63, 3.8) is 0 Å². The molecule has 26 heavy (non-hydrogen) atoms. The predicted molar refractivity (Wildman–Crippen MR) is 104 cm³/mol. The molecule has 3 aromatic rings. The molecule has 0 spiro atoms. The number of anilines is 1. The molecule has 1 amide bonds. The molecule has 0 bridgehead atoms. The van der Waals surface area contributed by atoms with Crippen LogP contribution in [0.4, 0.5) is 5.13 Å². The number of hydrogen-bond donors (Lipinski definition) is 1. The van der Waals surface area contributed by atoms with E-state index in [-0.39, 0.29) is 23.0 Å². The summed E-state index contributed by atoms with van der Waals surface area (Å²) in [5.74, 6) is -0.355. The lowest BCUT2D eigenvalue weighted by Crippen LogP contribution is -2.11. The Morgan fingerprint density at radius 3 is 2.42 bits per heavy atom. The van der Waals surface area contributed by atoms with Crippen molar-refractivity contribution in [3.8, 4) is 0 Å². The molecular weight excluding hydrogens is 438 g/mol. The SMILES string of the molecule is O=C(Nc1nnc(CCS(=O)(=O)c2ccc(Br)cc2)s1)c1ccccc1. The maximum absolute atomic E-state index is 12.4. The van der Waals surface area contributed by atoms with Gasteiger partial charge in [0.05, 0.1) is 10.6 Å². The summed E-state index contributed by atoms with van der Waals surface area (Å²) < 4.78 is 25.5. The van der Waals surface area contributed by atoms with Gasteiger partial charge in [0.2, 0.25) is 5.13 Å². The third-order valence-corrected chi connectivity index (χ3v) is 6.64. The lowest BCUT2D eigenvalue weighted by Gasteiger charge is -2.03. The van der Waals surface area contributed by atoms with Crippen molar-refractivity contribution in [3.05, 3.63) is 69.6 Å². The highest BCUT2D eigenvalue weighted by atomic mass is 79.9. The van der Waals surface area contributed by atoms with Crippen LogP contribution in [0.15, 0.2) is 64.0 Å². The number of benzene rings is 2. The molecule has 9 heteroatoms. The van der Waals surface area contributed by atoms with Gasteiger partial charge in [-0.15, -0.1) is 10.2 Å². The number of aromatic nitrogens is 2. The Bertz CT molecular complexity index is 1000. The Hall–Kier alpha value is -2.10. The monoisotopic (exact) mass is 451 g/mol. The van der Waals surface area contributed by atoms with Gasteiger partial charge in [0.25, 0.3) is 5.91 Å². The van der Waals surface area contributed by atoms with Crippen LogP contribution >= 0.6 is 27.3 Å². The average molecular weight is 452 g/mol. The smallest absolute Gasteiger partial charge is 0.257 e. The molecule has 1 aromatic heterocycles. The zero-order valence-electron chi connectivity index (χ0n) is 13.4. The highest BCUT2D eigenvalue weighted by Crippen LogP contribution is 2.20. The van der Waals surface area contributed by atoms with Crippen molar-refractivity contribution < 1.29 is 13.2 Å². The van der Waals surface area contributed by atoms with Gasteiger partial charge in [0, 0.05) is 16.5 Å². The third kappa shape index (κ3) is 4.75. The summed E-state index contributed by atoms with van der Waals surface area (Å²) in [5.41, 5.74) is 0.516. The second kappa shape index (κ2) is 8.07. The zero-order chi connectivity index (χ0) is 18.6. The Kier molecular flexibility index (Phi) is 5.80. The standard InChI is InChI=1S/C17H14BrN3O3S2/c18-13-6-8-14(9-7-13)26(23,24)11-10-15-20-21-17(25-15)19-16(22)12-4-2-1-3-5-12/h1-9H,10-11H2,(H,19,21,22). The van der Waals surface area contributed by atoms with E-state index >= 15 is 0 Å². The molecule has 0 saturated heterocycles. The van der Waals surface area contributed by atoms with E-state index in [0.29, 0.717) is 15.7 Å². The molecule has 3 rings (SSSR count). The molecule has 1 N–H and O–H groups in total. The molecule has 134 valence electrons. The van der Waals surface area contributed by atoms with Crippen molar-refractivity contribution in [2.45, 2.75) is 11.3 Å². The third-order valence-electron chi connectivity index (χ3n) is 3.48. The van der Waals surface area contributed by atoms with Crippen LogP contribution in [0.3, 0.4) is 0 Å². The molecule has 0 radical (unpaired) electrons. The molecule has 2 aromatic carbocycles. The summed E-state index contributed by atoms with van der Waals surface area (Å²) in [6, 6.07) is 15.3. The van der Waals surface area contributed by atoms with E-state index in [0.717, 1.165) is 4.47 Å². The van der Waals surface area contributed by atoms with Crippen LogP contribution in [0.2, 0.25) is 0 Å². The Morgan fingerprint density at radius 2 is 1.73 bits per heavy atom. The van der Waals surface area contributed by atoms with Crippen molar-refractivity contribution in [2.75, 3.05) is 11.1 Å². The van der Waals surface area contributed by atoms with Crippen molar-refractivity contribution in [2.24, 2.45) is 0 Å². The molecule has 6 nitrogen and oxygen atoms in total. The van der Waals surface area contributed by atoms with E-state index in [1.54, 1.807) is 48.5 Å². The number of aryl methyl sites for hydroxylation is 1. The van der Waals surface area contributed by atoms with Crippen LogP contribution in [0.5, 0.6) is 0 Å². The van der Waals surface area contributed by atoms with Gasteiger partial charge in [-0.05, 0) is 36.4 Å². The lowest BCUT2D eigenvalue weighted by atomic mass is 10.2. The highest BCUT2D eigenvalue weighted by molar-refractivity contribution is 9.10. The van der Waals surface area contributed by atoms with E-state index < -0.39 is 9.84 Å². The predicted octanol–water partition coefficient (Wildman–Crippen LogP) is 3.57. The van der Waals surface area contributed by atoms with Gasteiger partial charge in [0.15, 0.2) is 9.84 Å². The van der Waals surface area contributed by atoms with Gasteiger partial charge < -0.3 is 0 Å². The second-order valence-corrected chi connectivity index (χ2v) is 9.43. The summed E-state index contributed by atoms with van der Waals surface area (Å²) in [4.78, 5) is 12.3. The van der Waals surface area contributed by atoms with E-state index in [2.05, 4.69) is 31.4 Å². The van der Waals surface area contributed by atoms with E-state index in [1.807, 2.05) is 6.07 Å². The topological polar surface area (TPSA) is 89.0 Å². The molecule has 0 saturated carbocycles. The second-order valence-electron chi connectivity index (χ2n) is 5.34. The van der Waals surface area contributed by atoms with E-state index in [1.165, 1.54) is 11.3 Å². The minimum absolute atomic E-state index is 0.0735. The summed E-state index contributed by atoms with van der Waals surface area (Å²) in [6.45, 7) is 0. The quantitative estimate of drug-likeness (QED) is 0.618. The molecule has 0 aliphatic rings. The number of halogens is 1. The number of sulfone groups is 1. The molecule has 0 unspecified atom stereocenters. The van der Waals surface area contributed by atoms with E-state index in [4.69, 9.17) is 0 Å². The summed E-state index contributed by atoms with van der Waals surface area (Å²) in [5, 5.41) is 11.4. The van der Waals surface area contributed by atoms with Crippen LogP contribution < -0.4 is 5.32 Å². The van der Waals surface area contributed by atoms with Crippen LogP contribution in [0.25, 0.3) is 0 Å². The van der Waals surface area contributed by atoms with Crippen LogP contribution in [-0.4, -0.2) is 30.3 Å². The zero-order valence-corrected chi connectivity index (χ0v) is 16.6. The molecule has 0 aliphatic heterocycles. The fourth-order valence-corrected chi connectivity index (χ4v) is 4.52. The minimum atomic E-state index is -3.40. The van der Waals surface area contributed by atoms with Crippen molar-refractivity contribution in [1.29, 1.82) is 0 Å². The molecule has 0 aliphatic carbocycles. The largest absolute Gasteiger partial charge is 0.296 e. The maximum atomic E-state index is 12.4. The van der Waals surface area contributed by atoms with Gasteiger partial charge >= 0.3 is 0 Å². The number of carbonyl (C=O) groups excluding carboxylic acids is 1. The van der Waals surface area contributed by atoms with Crippen molar-refractivity contribution >= 4 is 48.1 Å². The summed E-state index contributed by atoms with van der Waals surface area (Å²) >= 11 is 4.45. The lowest BCUT2D eigenvalue weighted by molar-refractivity contribution is 0.102. The van der Waals surface area contributed by atoms with Gasteiger partial charge in [0.1, 0.15) is 5.01 Å². The number of hydrogen-bond acceptors (Lipinski definition) is 6. The maximum Gasteiger partial charge on any atom is 0.257 e. The van der Waals surface area contributed by atoms with Crippen molar-refractivity contribution in [1.82, 2.24) is 10.2 Å². The Labute approximate surface area is 163 Å². The average Bonchev–Trinajstić information content (AvgIpc) is 3.09. The molecular formula is C17H14BrN3O3S2.